The molecule has 0 aliphatic heterocycles. The van der Waals surface area contributed by atoms with Crippen LogP contribution >= 0.6 is 0 Å². The van der Waals surface area contributed by atoms with E-state index < -0.39 is 24.0 Å². The van der Waals surface area contributed by atoms with Crippen molar-refractivity contribution in [3.63, 3.8) is 0 Å². The summed E-state index contributed by atoms with van der Waals surface area (Å²) in [5, 5.41) is 9.53. The Bertz CT molecular complexity index is 334. The summed E-state index contributed by atoms with van der Waals surface area (Å²) in [4.78, 5) is 0. The van der Waals surface area contributed by atoms with Crippen molar-refractivity contribution >= 4 is 0 Å². The molecule has 0 aliphatic carbocycles. The van der Waals surface area contributed by atoms with Crippen LogP contribution in [-0.4, -0.2) is 17.8 Å². The molecule has 15 heavy (non-hydrogen) atoms. The summed E-state index contributed by atoms with van der Waals surface area (Å²) < 4.78 is 42.7. The Morgan fingerprint density at radius 2 is 2.00 bits per heavy atom. The summed E-state index contributed by atoms with van der Waals surface area (Å²) in [5.41, 5.74) is 2.06. The minimum absolute atomic E-state index is 0.282. The minimum atomic E-state index is -4.79. The zero-order valence-electron chi connectivity index (χ0n) is 8.14. The quantitative estimate of drug-likeness (QED) is 0.819. The van der Waals surface area contributed by atoms with Crippen LogP contribution < -0.4 is 5.73 Å². The molecule has 3 nitrogen and oxygen atoms in total. The molecule has 1 atom stereocenters. The van der Waals surface area contributed by atoms with Crippen LogP contribution in [0.3, 0.4) is 0 Å². The maximum absolute atomic E-state index is 12.6. The molecule has 6 heteroatoms. The van der Waals surface area contributed by atoms with Gasteiger partial charge in [0.25, 0.3) is 0 Å². The fourth-order valence-electron chi connectivity index (χ4n) is 1.27. The van der Waals surface area contributed by atoms with Crippen LogP contribution in [0.1, 0.15) is 17.9 Å². The number of aliphatic hydroxyl groups is 1. The lowest BCUT2D eigenvalue weighted by molar-refractivity contribution is -0.274. The van der Waals surface area contributed by atoms with Crippen molar-refractivity contribution in [2.24, 2.45) is 5.73 Å². The smallest absolute Gasteiger partial charge is 0.424 e. The molecule has 0 radical (unpaired) electrons. The topological polar surface area (TPSA) is 59.4 Å². The highest BCUT2D eigenvalue weighted by molar-refractivity contribution is 5.15. The van der Waals surface area contributed by atoms with E-state index in [1.807, 2.05) is 0 Å². The zero-order chi connectivity index (χ0) is 11.7. The predicted molar refractivity (Wildman–Crippen MR) is 47.1 cm³/mol. The number of aryl methyl sites for hydroxylation is 1. The van der Waals surface area contributed by atoms with Gasteiger partial charge in [-0.15, -0.1) is 0 Å². The minimum Gasteiger partial charge on any atom is -0.463 e. The molecule has 0 spiro atoms. The fourth-order valence-corrected chi connectivity index (χ4v) is 1.27. The summed E-state index contributed by atoms with van der Waals surface area (Å²) >= 11 is 0. The molecule has 0 amide bonds. The first-order chi connectivity index (χ1) is 6.81. The third-order valence-electron chi connectivity index (χ3n) is 2.12. The summed E-state index contributed by atoms with van der Waals surface area (Å²) in [6, 6.07) is 2.47. The molecule has 0 fully saturated rings. The van der Waals surface area contributed by atoms with Gasteiger partial charge >= 0.3 is 6.18 Å². The van der Waals surface area contributed by atoms with E-state index in [1.165, 1.54) is 13.0 Å². The molecular weight excluding hydrogens is 211 g/mol. The summed E-state index contributed by atoms with van der Waals surface area (Å²) in [7, 11) is 0. The summed E-state index contributed by atoms with van der Waals surface area (Å²) in [5.74, 6) is -0.206. The van der Waals surface area contributed by atoms with Gasteiger partial charge in [-0.25, -0.2) is 0 Å². The van der Waals surface area contributed by atoms with Gasteiger partial charge in [0, 0.05) is 6.42 Å². The second kappa shape index (κ2) is 3.86. The molecule has 1 heterocycles. The number of hydrogen-bond donors (Lipinski definition) is 2. The summed E-state index contributed by atoms with van der Waals surface area (Å²) in [6.07, 6.45) is -5.42. The Hall–Kier alpha value is -1.01. The molecule has 0 bridgehead atoms. The third kappa shape index (κ3) is 2.15. The van der Waals surface area contributed by atoms with Crippen LogP contribution in [0.4, 0.5) is 13.2 Å². The van der Waals surface area contributed by atoms with E-state index in [2.05, 4.69) is 0 Å². The number of hydrogen-bond acceptors (Lipinski definition) is 3. The van der Waals surface area contributed by atoms with E-state index in [0.29, 0.717) is 5.76 Å². The van der Waals surface area contributed by atoms with Crippen LogP contribution in [0.15, 0.2) is 16.5 Å². The molecule has 0 aliphatic rings. The largest absolute Gasteiger partial charge is 0.463 e. The van der Waals surface area contributed by atoms with Gasteiger partial charge in [-0.3, -0.25) is 0 Å². The molecular formula is C9H12F3NO2. The van der Waals surface area contributed by atoms with Crippen molar-refractivity contribution in [3.8, 4) is 0 Å². The molecule has 1 aromatic rings. The SMILES string of the molecule is Cc1ccc([C@@](O)(CCN)C(F)(F)F)o1. The second-order valence-corrected chi connectivity index (χ2v) is 3.31. The first kappa shape index (κ1) is 12.1. The van der Waals surface area contributed by atoms with E-state index in [0.717, 1.165) is 6.07 Å². The molecule has 0 saturated heterocycles. The average Bonchev–Trinajstić information content (AvgIpc) is 2.50. The number of halogens is 3. The van der Waals surface area contributed by atoms with Crippen LogP contribution in [-0.2, 0) is 5.60 Å². The molecule has 1 rings (SSSR count). The molecule has 1 aromatic heterocycles. The second-order valence-electron chi connectivity index (χ2n) is 3.31. The van der Waals surface area contributed by atoms with E-state index in [4.69, 9.17) is 10.2 Å². The Morgan fingerprint density at radius 3 is 2.33 bits per heavy atom. The maximum Gasteiger partial charge on any atom is 0.424 e. The Labute approximate surface area is 84.7 Å². The van der Waals surface area contributed by atoms with E-state index in [9.17, 15) is 18.3 Å². The highest BCUT2D eigenvalue weighted by atomic mass is 19.4. The average molecular weight is 223 g/mol. The van der Waals surface area contributed by atoms with Crippen LogP contribution in [0.25, 0.3) is 0 Å². The van der Waals surface area contributed by atoms with Gasteiger partial charge in [0.05, 0.1) is 0 Å². The van der Waals surface area contributed by atoms with Crippen molar-refractivity contribution in [1.29, 1.82) is 0 Å². The van der Waals surface area contributed by atoms with Gasteiger partial charge < -0.3 is 15.3 Å². The first-order valence-corrected chi connectivity index (χ1v) is 4.37. The summed E-state index contributed by atoms with van der Waals surface area (Å²) in [6.45, 7) is 1.22. The maximum atomic E-state index is 12.6. The molecule has 3 N–H and O–H groups in total. The van der Waals surface area contributed by atoms with E-state index in [1.54, 1.807) is 0 Å². The number of alkyl halides is 3. The van der Waals surface area contributed by atoms with Crippen molar-refractivity contribution in [2.45, 2.75) is 25.1 Å². The lowest BCUT2D eigenvalue weighted by Crippen LogP contribution is -2.43. The number of furan rings is 1. The van der Waals surface area contributed by atoms with Crippen molar-refractivity contribution < 1.29 is 22.7 Å². The lowest BCUT2D eigenvalue weighted by Gasteiger charge is -2.27. The van der Waals surface area contributed by atoms with Crippen LogP contribution in [0.5, 0.6) is 0 Å². The van der Waals surface area contributed by atoms with Gasteiger partial charge in [-0.2, -0.15) is 13.2 Å². The van der Waals surface area contributed by atoms with Crippen molar-refractivity contribution in [1.82, 2.24) is 0 Å². The normalized spacial score (nSPS) is 16.4. The highest BCUT2D eigenvalue weighted by Gasteiger charge is 2.56. The Morgan fingerprint density at radius 1 is 1.40 bits per heavy atom. The number of nitrogens with two attached hydrogens (primary N) is 1. The third-order valence-corrected chi connectivity index (χ3v) is 2.12. The van der Waals surface area contributed by atoms with Crippen LogP contribution in [0.2, 0.25) is 0 Å². The van der Waals surface area contributed by atoms with Crippen molar-refractivity contribution in [3.05, 3.63) is 23.7 Å². The van der Waals surface area contributed by atoms with E-state index in [-0.39, 0.29) is 6.54 Å². The molecule has 0 saturated carbocycles. The molecule has 86 valence electrons. The standard InChI is InChI=1S/C9H12F3NO2/c1-6-2-3-7(15-6)8(14,4-5-13)9(10,11)12/h2-3,14H,4-5,13H2,1H3/t8-/m0/s1. The molecule has 0 unspecified atom stereocenters. The van der Waals surface area contributed by atoms with Crippen molar-refractivity contribution in [2.75, 3.05) is 6.54 Å². The number of rotatable bonds is 3. The highest BCUT2D eigenvalue weighted by Crippen LogP contribution is 2.41. The Kier molecular flexibility index (Phi) is 3.11. The zero-order valence-corrected chi connectivity index (χ0v) is 8.14. The van der Waals surface area contributed by atoms with Gasteiger partial charge in [-0.1, -0.05) is 0 Å². The van der Waals surface area contributed by atoms with Gasteiger partial charge in [0.1, 0.15) is 11.5 Å². The first-order valence-electron chi connectivity index (χ1n) is 4.37. The Balaban J connectivity index is 3.12. The lowest BCUT2D eigenvalue weighted by atomic mass is 9.96. The van der Waals surface area contributed by atoms with Gasteiger partial charge in [0.2, 0.25) is 5.60 Å². The van der Waals surface area contributed by atoms with E-state index >= 15 is 0 Å². The monoisotopic (exact) mass is 223 g/mol. The van der Waals surface area contributed by atoms with Gasteiger partial charge in [-0.05, 0) is 25.6 Å². The van der Waals surface area contributed by atoms with Crippen LogP contribution in [0, 0.1) is 6.92 Å². The fraction of sp³-hybridized carbons (Fsp3) is 0.556. The predicted octanol–water partition coefficient (Wildman–Crippen LogP) is 1.69. The molecule has 0 aromatic carbocycles. The van der Waals surface area contributed by atoms with Gasteiger partial charge in [0.15, 0.2) is 0 Å².